The number of hydrogen-bond donors (Lipinski definition) is 0. The Balaban J connectivity index is 1.56. The van der Waals surface area contributed by atoms with Gasteiger partial charge in [-0.2, -0.15) is 0 Å². The molecule has 224 valence electrons. The van der Waals surface area contributed by atoms with Crippen molar-refractivity contribution < 1.29 is 57.0 Å². The Hall–Kier alpha value is -1.83. The van der Waals surface area contributed by atoms with Gasteiger partial charge in [0.05, 0.1) is 57.4 Å². The van der Waals surface area contributed by atoms with Crippen LogP contribution in [0.1, 0.15) is 80.1 Å². The van der Waals surface area contributed by atoms with Crippen molar-refractivity contribution in [3.63, 3.8) is 0 Å². The lowest BCUT2D eigenvalue weighted by atomic mass is 10.1. The minimum atomic E-state index is -1.14. The van der Waals surface area contributed by atoms with E-state index in [0.717, 1.165) is 19.3 Å². The van der Waals surface area contributed by atoms with Crippen LogP contribution in [0.2, 0.25) is 0 Å². The summed E-state index contributed by atoms with van der Waals surface area (Å²) in [6, 6.07) is 0. The molecule has 0 amide bonds. The van der Waals surface area contributed by atoms with Gasteiger partial charge in [0.2, 0.25) is 0 Å². The molecule has 0 aliphatic carbocycles. The van der Waals surface area contributed by atoms with Gasteiger partial charge in [-0.3, -0.25) is 14.4 Å². The molecule has 0 aromatic heterocycles. The first-order valence-electron chi connectivity index (χ1n) is 13.7. The van der Waals surface area contributed by atoms with E-state index in [1.165, 1.54) is 0 Å². The standard InChI is InChI=1S/C27H44O12/c1-18-7-10-33-25(4,37-18)13-22(28)31-16-21(36-24(30)15-27(6)35-12-9-20(3)39-27)17-32-23(29)14-26(5)34-11-8-19(2)38-26/h18-21H,7-17H2,1-6H3. The van der Waals surface area contributed by atoms with Crippen molar-refractivity contribution in [1.29, 1.82) is 0 Å². The van der Waals surface area contributed by atoms with Crippen molar-refractivity contribution in [2.45, 2.75) is 122 Å². The van der Waals surface area contributed by atoms with Crippen molar-refractivity contribution in [2.24, 2.45) is 0 Å². The van der Waals surface area contributed by atoms with Crippen molar-refractivity contribution in [3.05, 3.63) is 0 Å². The summed E-state index contributed by atoms with van der Waals surface area (Å²) in [5, 5.41) is 0. The maximum absolute atomic E-state index is 12.8. The number of hydrogen-bond acceptors (Lipinski definition) is 12. The third-order valence-electron chi connectivity index (χ3n) is 6.70. The summed E-state index contributed by atoms with van der Waals surface area (Å²) >= 11 is 0. The van der Waals surface area contributed by atoms with Gasteiger partial charge in [0.15, 0.2) is 23.5 Å². The lowest BCUT2D eigenvalue weighted by molar-refractivity contribution is -0.284. The number of carbonyl (C=O) groups is 3. The molecule has 3 saturated heterocycles. The Morgan fingerprint density at radius 2 is 0.974 bits per heavy atom. The van der Waals surface area contributed by atoms with E-state index in [0.29, 0.717) is 19.8 Å². The minimum absolute atomic E-state index is 0.0556. The Kier molecular flexibility index (Phi) is 11.1. The van der Waals surface area contributed by atoms with Gasteiger partial charge in [-0.25, -0.2) is 0 Å². The zero-order valence-electron chi connectivity index (χ0n) is 24.0. The molecule has 6 unspecified atom stereocenters. The third-order valence-corrected chi connectivity index (χ3v) is 6.70. The average Bonchev–Trinajstić information content (AvgIpc) is 2.79. The van der Waals surface area contributed by atoms with E-state index >= 15 is 0 Å². The van der Waals surface area contributed by atoms with E-state index in [2.05, 4.69) is 0 Å². The Bertz CT molecular complexity index is 805. The monoisotopic (exact) mass is 560 g/mol. The van der Waals surface area contributed by atoms with E-state index in [9.17, 15) is 14.4 Å². The van der Waals surface area contributed by atoms with Crippen LogP contribution in [0.5, 0.6) is 0 Å². The SMILES string of the molecule is CC1CCOC(C)(CC(=O)OCC(COC(=O)CC2(C)OCCC(C)O2)OC(=O)CC2(C)OCCC(C)O2)O1. The zero-order chi connectivity index (χ0) is 28.7. The summed E-state index contributed by atoms with van der Waals surface area (Å²) in [5.41, 5.74) is 0. The van der Waals surface area contributed by atoms with Crippen molar-refractivity contribution in [3.8, 4) is 0 Å². The molecule has 3 aliphatic heterocycles. The van der Waals surface area contributed by atoms with Crippen LogP contribution in [0, 0.1) is 0 Å². The fourth-order valence-electron chi connectivity index (χ4n) is 4.76. The second-order valence-electron chi connectivity index (χ2n) is 11.1. The van der Waals surface area contributed by atoms with E-state index in [4.69, 9.17) is 42.6 Å². The summed E-state index contributed by atoms with van der Waals surface area (Å²) in [6.45, 7) is 11.4. The van der Waals surface area contributed by atoms with Crippen LogP contribution in [0.4, 0.5) is 0 Å². The quantitative estimate of drug-likeness (QED) is 0.272. The second-order valence-corrected chi connectivity index (χ2v) is 11.1. The fraction of sp³-hybridized carbons (Fsp3) is 0.889. The molecule has 0 N–H and O–H groups in total. The highest BCUT2D eigenvalue weighted by molar-refractivity contribution is 5.72. The van der Waals surface area contributed by atoms with Crippen molar-refractivity contribution in [2.75, 3.05) is 33.0 Å². The first kappa shape index (κ1) is 31.7. The maximum atomic E-state index is 12.8. The van der Waals surface area contributed by atoms with Crippen LogP contribution in [0.25, 0.3) is 0 Å². The highest BCUT2D eigenvalue weighted by Crippen LogP contribution is 2.29. The van der Waals surface area contributed by atoms with Crippen molar-refractivity contribution in [1.82, 2.24) is 0 Å². The van der Waals surface area contributed by atoms with Gasteiger partial charge in [-0.05, 0) is 60.8 Å². The molecule has 3 fully saturated rings. The molecule has 0 radical (unpaired) electrons. The van der Waals surface area contributed by atoms with Crippen LogP contribution in [0.3, 0.4) is 0 Å². The smallest absolute Gasteiger partial charge is 0.311 e. The summed E-state index contributed by atoms with van der Waals surface area (Å²) in [4.78, 5) is 38.0. The first-order chi connectivity index (χ1) is 18.3. The third kappa shape index (κ3) is 10.6. The van der Waals surface area contributed by atoms with Crippen LogP contribution in [-0.4, -0.2) is 92.7 Å². The average molecular weight is 561 g/mol. The molecule has 6 atom stereocenters. The molecule has 3 rings (SSSR count). The number of esters is 3. The molecule has 12 heteroatoms. The van der Waals surface area contributed by atoms with E-state index in [1.807, 2.05) is 20.8 Å². The molecular formula is C27H44O12. The van der Waals surface area contributed by atoms with Gasteiger partial charge >= 0.3 is 17.9 Å². The van der Waals surface area contributed by atoms with E-state index < -0.39 is 41.4 Å². The lowest BCUT2D eigenvalue weighted by Gasteiger charge is -2.37. The van der Waals surface area contributed by atoms with Gasteiger partial charge in [0, 0.05) is 0 Å². The van der Waals surface area contributed by atoms with Crippen LogP contribution < -0.4 is 0 Å². The molecule has 0 aromatic carbocycles. The molecule has 0 aromatic rings. The highest BCUT2D eigenvalue weighted by atomic mass is 16.7. The topological polar surface area (TPSA) is 134 Å². The Morgan fingerprint density at radius 3 is 1.31 bits per heavy atom. The Morgan fingerprint density at radius 1 is 0.641 bits per heavy atom. The van der Waals surface area contributed by atoms with Crippen LogP contribution in [0.15, 0.2) is 0 Å². The van der Waals surface area contributed by atoms with Crippen LogP contribution in [-0.2, 0) is 57.0 Å². The van der Waals surface area contributed by atoms with Gasteiger partial charge in [0.1, 0.15) is 13.2 Å². The molecule has 0 spiro atoms. The molecule has 0 bridgehead atoms. The fourth-order valence-corrected chi connectivity index (χ4v) is 4.76. The van der Waals surface area contributed by atoms with Gasteiger partial charge in [0.25, 0.3) is 0 Å². The van der Waals surface area contributed by atoms with E-state index in [-0.39, 0.29) is 50.8 Å². The summed E-state index contributed by atoms with van der Waals surface area (Å²) in [5.74, 6) is -5.23. The normalized spacial score (nSPS) is 36.0. The predicted octanol–water partition coefficient (Wildman–Crippen LogP) is 2.78. The predicted molar refractivity (Wildman–Crippen MR) is 134 cm³/mol. The first-order valence-corrected chi connectivity index (χ1v) is 13.7. The van der Waals surface area contributed by atoms with Gasteiger partial charge in [-0.1, -0.05) is 0 Å². The molecule has 39 heavy (non-hydrogen) atoms. The minimum Gasteiger partial charge on any atom is -0.461 e. The van der Waals surface area contributed by atoms with Crippen molar-refractivity contribution >= 4 is 17.9 Å². The molecular weight excluding hydrogens is 516 g/mol. The Labute approximate surface area is 230 Å². The summed E-state index contributed by atoms with van der Waals surface area (Å²) < 4.78 is 50.5. The zero-order valence-corrected chi connectivity index (χ0v) is 24.0. The molecule has 3 aliphatic rings. The highest BCUT2D eigenvalue weighted by Gasteiger charge is 2.39. The number of carbonyl (C=O) groups excluding carboxylic acids is 3. The number of ether oxygens (including phenoxy) is 9. The second kappa shape index (κ2) is 13.7. The van der Waals surface area contributed by atoms with Gasteiger partial charge < -0.3 is 42.6 Å². The lowest BCUT2D eigenvalue weighted by Crippen LogP contribution is -2.45. The molecule has 12 nitrogen and oxygen atoms in total. The molecule has 0 saturated carbocycles. The largest absolute Gasteiger partial charge is 0.461 e. The summed E-state index contributed by atoms with van der Waals surface area (Å²) in [7, 11) is 0. The summed E-state index contributed by atoms with van der Waals surface area (Å²) in [6.07, 6.45) is 0.438. The van der Waals surface area contributed by atoms with Gasteiger partial charge in [-0.15, -0.1) is 0 Å². The molecule has 3 heterocycles. The number of rotatable bonds is 11. The van der Waals surface area contributed by atoms with Crippen LogP contribution >= 0.6 is 0 Å². The van der Waals surface area contributed by atoms with E-state index in [1.54, 1.807) is 20.8 Å². The maximum Gasteiger partial charge on any atom is 0.311 e.